The highest BCUT2D eigenvalue weighted by atomic mass is 16.3. The molecule has 0 fully saturated rings. The third kappa shape index (κ3) is 4.77. The van der Waals surface area contributed by atoms with Gasteiger partial charge in [0.2, 0.25) is 0 Å². The van der Waals surface area contributed by atoms with Crippen molar-refractivity contribution in [1.29, 1.82) is 0 Å². The standard InChI is InChI=1S/C14H23NO/c1-14(2,3)11-13(15-9-10-16)12-7-5-4-6-8-12/h4-8,13,15-16H,9-11H2,1-3H3. The Hall–Kier alpha value is -0.860. The van der Waals surface area contributed by atoms with Crippen LogP contribution in [-0.4, -0.2) is 18.3 Å². The summed E-state index contributed by atoms with van der Waals surface area (Å²) < 4.78 is 0. The third-order valence-corrected chi connectivity index (χ3v) is 2.52. The number of aliphatic hydroxyl groups excluding tert-OH is 1. The molecule has 1 atom stereocenters. The van der Waals surface area contributed by atoms with E-state index in [-0.39, 0.29) is 12.0 Å². The second-order valence-electron chi connectivity index (χ2n) is 5.41. The van der Waals surface area contributed by atoms with E-state index in [1.807, 2.05) is 6.07 Å². The molecule has 0 spiro atoms. The van der Waals surface area contributed by atoms with E-state index in [2.05, 4.69) is 50.4 Å². The number of hydrogen-bond acceptors (Lipinski definition) is 2. The lowest BCUT2D eigenvalue weighted by atomic mass is 9.85. The van der Waals surface area contributed by atoms with E-state index >= 15 is 0 Å². The molecule has 0 saturated carbocycles. The Labute approximate surface area is 98.7 Å². The van der Waals surface area contributed by atoms with Crippen LogP contribution in [0.5, 0.6) is 0 Å². The maximum Gasteiger partial charge on any atom is 0.0556 e. The summed E-state index contributed by atoms with van der Waals surface area (Å²) in [5, 5.41) is 12.3. The molecule has 0 aliphatic rings. The van der Waals surface area contributed by atoms with Gasteiger partial charge in [-0.3, -0.25) is 0 Å². The minimum absolute atomic E-state index is 0.188. The molecule has 0 aliphatic heterocycles. The van der Waals surface area contributed by atoms with Crippen molar-refractivity contribution in [3.8, 4) is 0 Å². The van der Waals surface area contributed by atoms with Crippen molar-refractivity contribution >= 4 is 0 Å². The average molecular weight is 221 g/mol. The Morgan fingerprint density at radius 3 is 2.31 bits per heavy atom. The van der Waals surface area contributed by atoms with E-state index in [4.69, 9.17) is 5.11 Å². The number of rotatable bonds is 5. The van der Waals surface area contributed by atoms with Crippen LogP contribution in [0.4, 0.5) is 0 Å². The Bertz CT molecular complexity index is 289. The van der Waals surface area contributed by atoms with Crippen molar-refractivity contribution in [3.05, 3.63) is 35.9 Å². The highest BCUT2D eigenvalue weighted by Gasteiger charge is 2.19. The normalized spacial score (nSPS) is 13.8. The second-order valence-corrected chi connectivity index (χ2v) is 5.41. The van der Waals surface area contributed by atoms with Crippen LogP contribution in [0.2, 0.25) is 0 Å². The minimum Gasteiger partial charge on any atom is -0.395 e. The van der Waals surface area contributed by atoms with Crippen LogP contribution >= 0.6 is 0 Å². The number of aliphatic hydroxyl groups is 1. The first-order valence-electron chi connectivity index (χ1n) is 5.92. The van der Waals surface area contributed by atoms with Crippen molar-refractivity contribution < 1.29 is 5.11 Å². The summed E-state index contributed by atoms with van der Waals surface area (Å²) in [6, 6.07) is 10.8. The fourth-order valence-electron chi connectivity index (χ4n) is 1.84. The van der Waals surface area contributed by atoms with E-state index in [0.29, 0.717) is 12.6 Å². The Balaban J connectivity index is 2.71. The SMILES string of the molecule is CC(C)(C)CC(NCCO)c1ccccc1. The van der Waals surface area contributed by atoms with Crippen LogP contribution in [0.1, 0.15) is 38.8 Å². The monoisotopic (exact) mass is 221 g/mol. The molecule has 0 aromatic heterocycles. The van der Waals surface area contributed by atoms with Crippen molar-refractivity contribution in [3.63, 3.8) is 0 Å². The van der Waals surface area contributed by atoms with E-state index < -0.39 is 0 Å². The smallest absolute Gasteiger partial charge is 0.0556 e. The fraction of sp³-hybridized carbons (Fsp3) is 0.571. The molecule has 0 amide bonds. The van der Waals surface area contributed by atoms with Crippen molar-refractivity contribution in [2.45, 2.75) is 33.2 Å². The molecule has 2 heteroatoms. The maximum atomic E-state index is 8.90. The highest BCUT2D eigenvalue weighted by Crippen LogP contribution is 2.29. The quantitative estimate of drug-likeness (QED) is 0.801. The lowest BCUT2D eigenvalue weighted by Crippen LogP contribution is -2.28. The van der Waals surface area contributed by atoms with Gasteiger partial charge in [0, 0.05) is 12.6 Å². The molecule has 0 saturated heterocycles. The van der Waals surface area contributed by atoms with E-state index in [0.717, 1.165) is 6.42 Å². The van der Waals surface area contributed by atoms with Gasteiger partial charge in [0.1, 0.15) is 0 Å². The van der Waals surface area contributed by atoms with Crippen molar-refractivity contribution in [1.82, 2.24) is 5.32 Å². The molecule has 0 radical (unpaired) electrons. The molecule has 16 heavy (non-hydrogen) atoms. The van der Waals surface area contributed by atoms with Gasteiger partial charge in [-0.15, -0.1) is 0 Å². The zero-order chi connectivity index (χ0) is 12.0. The van der Waals surface area contributed by atoms with Crippen LogP contribution in [-0.2, 0) is 0 Å². The van der Waals surface area contributed by atoms with Gasteiger partial charge >= 0.3 is 0 Å². The summed E-state index contributed by atoms with van der Waals surface area (Å²) in [5.41, 5.74) is 1.58. The van der Waals surface area contributed by atoms with Gasteiger partial charge in [0.15, 0.2) is 0 Å². The zero-order valence-corrected chi connectivity index (χ0v) is 10.5. The average Bonchev–Trinajstić information content (AvgIpc) is 2.24. The predicted molar refractivity (Wildman–Crippen MR) is 68.3 cm³/mol. The first kappa shape index (κ1) is 13.2. The molecule has 0 aliphatic carbocycles. The van der Waals surface area contributed by atoms with Gasteiger partial charge in [0.25, 0.3) is 0 Å². The fourth-order valence-corrected chi connectivity index (χ4v) is 1.84. The van der Waals surface area contributed by atoms with Crippen LogP contribution < -0.4 is 5.32 Å². The summed E-state index contributed by atoms with van der Waals surface area (Å²) in [7, 11) is 0. The van der Waals surface area contributed by atoms with E-state index in [1.54, 1.807) is 0 Å². The lowest BCUT2D eigenvalue weighted by Gasteiger charge is -2.27. The molecule has 0 bridgehead atoms. The zero-order valence-electron chi connectivity index (χ0n) is 10.5. The van der Waals surface area contributed by atoms with Gasteiger partial charge in [-0.2, -0.15) is 0 Å². The summed E-state index contributed by atoms with van der Waals surface area (Å²) >= 11 is 0. The third-order valence-electron chi connectivity index (χ3n) is 2.52. The predicted octanol–water partition coefficient (Wildman–Crippen LogP) is 2.75. The molecule has 2 nitrogen and oxygen atoms in total. The molecule has 1 aromatic carbocycles. The van der Waals surface area contributed by atoms with E-state index in [9.17, 15) is 0 Å². The molecule has 90 valence electrons. The Kier molecular flexibility index (Phi) is 4.97. The molecular weight excluding hydrogens is 198 g/mol. The molecule has 0 heterocycles. The largest absolute Gasteiger partial charge is 0.395 e. The van der Waals surface area contributed by atoms with Crippen LogP contribution in [0, 0.1) is 5.41 Å². The first-order chi connectivity index (χ1) is 7.53. The summed E-state index contributed by atoms with van der Waals surface area (Å²) in [5.74, 6) is 0. The number of hydrogen-bond donors (Lipinski definition) is 2. The summed E-state index contributed by atoms with van der Waals surface area (Å²) in [6.45, 7) is 7.56. The Morgan fingerprint density at radius 2 is 1.81 bits per heavy atom. The van der Waals surface area contributed by atoms with Crippen LogP contribution in [0.25, 0.3) is 0 Å². The lowest BCUT2D eigenvalue weighted by molar-refractivity contribution is 0.262. The molecule has 1 rings (SSSR count). The molecule has 1 aromatic rings. The molecule has 2 N–H and O–H groups in total. The van der Waals surface area contributed by atoms with Crippen molar-refractivity contribution in [2.24, 2.45) is 5.41 Å². The van der Waals surface area contributed by atoms with Gasteiger partial charge in [-0.1, -0.05) is 51.1 Å². The molecule has 1 unspecified atom stereocenters. The number of benzene rings is 1. The van der Waals surface area contributed by atoms with Gasteiger partial charge in [-0.25, -0.2) is 0 Å². The number of nitrogens with one attached hydrogen (secondary N) is 1. The first-order valence-corrected chi connectivity index (χ1v) is 5.92. The molecular formula is C14H23NO. The van der Waals surface area contributed by atoms with Gasteiger partial charge in [-0.05, 0) is 17.4 Å². The minimum atomic E-state index is 0.188. The van der Waals surface area contributed by atoms with E-state index in [1.165, 1.54) is 5.56 Å². The van der Waals surface area contributed by atoms with Gasteiger partial charge in [0.05, 0.1) is 6.61 Å². The Morgan fingerprint density at radius 1 is 1.19 bits per heavy atom. The van der Waals surface area contributed by atoms with Crippen LogP contribution in [0.15, 0.2) is 30.3 Å². The summed E-state index contributed by atoms with van der Waals surface area (Å²) in [4.78, 5) is 0. The van der Waals surface area contributed by atoms with Crippen molar-refractivity contribution in [2.75, 3.05) is 13.2 Å². The maximum absolute atomic E-state index is 8.90. The van der Waals surface area contributed by atoms with Gasteiger partial charge < -0.3 is 10.4 Å². The summed E-state index contributed by atoms with van der Waals surface area (Å²) in [6.07, 6.45) is 1.07. The highest BCUT2D eigenvalue weighted by molar-refractivity contribution is 5.19. The second kappa shape index (κ2) is 6.02. The topological polar surface area (TPSA) is 32.3 Å². The van der Waals surface area contributed by atoms with Crippen LogP contribution in [0.3, 0.4) is 0 Å².